The number of nitrogens with zero attached hydrogens (tertiary/aromatic N) is 1. The van der Waals surface area contributed by atoms with E-state index in [0.29, 0.717) is 0 Å². The molecule has 0 saturated carbocycles. The summed E-state index contributed by atoms with van der Waals surface area (Å²) in [7, 11) is 0. The molecule has 0 N–H and O–H groups in total. The summed E-state index contributed by atoms with van der Waals surface area (Å²) in [6.45, 7) is 0. The molecule has 1 aliphatic carbocycles. The fourth-order valence-corrected chi connectivity index (χ4v) is 11.2. The van der Waals surface area contributed by atoms with Crippen LogP contribution in [0.1, 0.15) is 22.3 Å². The van der Waals surface area contributed by atoms with Crippen LogP contribution in [0.4, 0.5) is 17.1 Å². The Morgan fingerprint density at radius 1 is 0.242 bits per heavy atom. The van der Waals surface area contributed by atoms with Gasteiger partial charge in [-0.05, 0) is 141 Å². The van der Waals surface area contributed by atoms with E-state index < -0.39 is 5.41 Å². The highest BCUT2D eigenvalue weighted by molar-refractivity contribution is 6.14. The van der Waals surface area contributed by atoms with E-state index in [1.165, 1.54) is 98.7 Å². The quantitative estimate of drug-likeness (QED) is 0.145. The van der Waals surface area contributed by atoms with Crippen molar-refractivity contribution in [2.45, 2.75) is 5.41 Å². The first-order chi connectivity index (χ1) is 32.7. The number of fused-ring (bicyclic) bond motifs is 9. The lowest BCUT2D eigenvalue weighted by Gasteiger charge is -2.34. The van der Waals surface area contributed by atoms with Gasteiger partial charge in [-0.1, -0.05) is 218 Å². The van der Waals surface area contributed by atoms with E-state index in [1.807, 2.05) is 0 Å². The zero-order valence-electron chi connectivity index (χ0n) is 36.3. The van der Waals surface area contributed by atoms with Crippen molar-refractivity contribution >= 4 is 60.2 Å². The summed E-state index contributed by atoms with van der Waals surface area (Å²) in [6, 6.07) is 96.4. The topological polar surface area (TPSA) is 3.24 Å². The Hall–Kier alpha value is -8.52. The van der Waals surface area contributed by atoms with Crippen LogP contribution >= 0.6 is 0 Å². The van der Waals surface area contributed by atoms with Crippen molar-refractivity contribution in [3.8, 4) is 33.4 Å². The summed E-state index contributed by atoms with van der Waals surface area (Å²) in [4.78, 5) is 2.43. The number of anilines is 3. The lowest BCUT2D eigenvalue weighted by Crippen LogP contribution is -2.28. The van der Waals surface area contributed by atoms with Gasteiger partial charge in [-0.25, -0.2) is 0 Å². The fourth-order valence-electron chi connectivity index (χ4n) is 11.2. The molecule has 0 fully saturated rings. The number of rotatable bonds is 7. The van der Waals surface area contributed by atoms with Gasteiger partial charge in [0.1, 0.15) is 0 Å². The van der Waals surface area contributed by atoms with Crippen LogP contribution in [0.25, 0.3) is 76.5 Å². The van der Waals surface area contributed by atoms with Gasteiger partial charge in [0.15, 0.2) is 0 Å². The highest BCUT2D eigenvalue weighted by atomic mass is 15.1. The molecule has 0 bridgehead atoms. The number of hydrogen-bond acceptors (Lipinski definition) is 1. The average molecular weight is 838 g/mol. The molecule has 0 aliphatic heterocycles. The van der Waals surface area contributed by atoms with Crippen LogP contribution in [-0.2, 0) is 5.41 Å². The Balaban J connectivity index is 0.985. The van der Waals surface area contributed by atoms with Gasteiger partial charge < -0.3 is 4.90 Å². The Bertz CT molecular complexity index is 3750. The minimum absolute atomic E-state index is 0.465. The molecule has 1 heteroatoms. The third-order valence-corrected chi connectivity index (χ3v) is 14.1. The van der Waals surface area contributed by atoms with E-state index in [1.54, 1.807) is 0 Å². The SMILES string of the molecule is c1ccc(C2(c3ccccc3)c3ccccc3-c3cc(N(c4ccc(-c5cccc6c5ccc5ccccc56)cc4)c4ccc(-c5cc6ccccc6c6ccccc56)cc4)ccc32)cc1. The molecular weight excluding hydrogens is 795 g/mol. The van der Waals surface area contributed by atoms with Crippen LogP contribution < -0.4 is 4.90 Å². The molecule has 0 radical (unpaired) electrons. The monoisotopic (exact) mass is 837 g/mol. The molecule has 0 spiro atoms. The molecule has 1 nitrogen and oxygen atoms in total. The van der Waals surface area contributed by atoms with Crippen LogP contribution in [-0.4, -0.2) is 0 Å². The van der Waals surface area contributed by atoms with Gasteiger partial charge in [0.05, 0.1) is 5.41 Å². The maximum atomic E-state index is 2.43. The van der Waals surface area contributed by atoms with Gasteiger partial charge in [0.25, 0.3) is 0 Å². The second-order valence-electron chi connectivity index (χ2n) is 17.6. The molecule has 0 aromatic heterocycles. The molecular formula is C65H43N. The van der Waals surface area contributed by atoms with Crippen LogP contribution in [0.5, 0.6) is 0 Å². The highest BCUT2D eigenvalue weighted by Gasteiger charge is 2.46. The van der Waals surface area contributed by atoms with Crippen molar-refractivity contribution in [1.29, 1.82) is 0 Å². The van der Waals surface area contributed by atoms with E-state index in [9.17, 15) is 0 Å². The molecule has 0 atom stereocenters. The molecule has 66 heavy (non-hydrogen) atoms. The molecule has 1 aliphatic rings. The Labute approximate surface area is 385 Å². The van der Waals surface area contributed by atoms with E-state index >= 15 is 0 Å². The van der Waals surface area contributed by atoms with Gasteiger partial charge >= 0.3 is 0 Å². The molecule has 12 aromatic rings. The summed E-state index contributed by atoms with van der Waals surface area (Å²) >= 11 is 0. The maximum absolute atomic E-state index is 2.43. The van der Waals surface area contributed by atoms with Crippen molar-refractivity contribution in [2.24, 2.45) is 0 Å². The molecule has 0 heterocycles. The standard InChI is InChI=1S/C65H43N/c1-3-18-48(19-4-1)65(49-20-5-2-6-21-49)63-29-14-13-26-60(63)62-43-52(39-41-64(62)65)66(50-35-30-45(31-36-50)54-27-15-28-57-53-22-9-7-16-44(53)34-40-59(54)57)51-37-32-46(33-38-51)61-42-47-17-8-10-23-55(47)56-24-11-12-25-58(56)61/h1-43H. The first-order valence-corrected chi connectivity index (χ1v) is 22.9. The van der Waals surface area contributed by atoms with E-state index in [0.717, 1.165) is 17.1 Å². The maximum Gasteiger partial charge on any atom is 0.0713 e. The minimum atomic E-state index is -0.465. The fraction of sp³-hybridized carbons (Fsp3) is 0.0154. The lowest BCUT2D eigenvalue weighted by molar-refractivity contribution is 0.768. The van der Waals surface area contributed by atoms with Gasteiger partial charge in [-0.15, -0.1) is 0 Å². The predicted octanol–water partition coefficient (Wildman–Crippen LogP) is 17.5. The second-order valence-corrected chi connectivity index (χ2v) is 17.6. The van der Waals surface area contributed by atoms with E-state index in [-0.39, 0.29) is 0 Å². The normalized spacial score (nSPS) is 12.7. The van der Waals surface area contributed by atoms with E-state index in [2.05, 4.69) is 266 Å². The summed E-state index contributed by atoms with van der Waals surface area (Å²) in [5.74, 6) is 0. The van der Waals surface area contributed by atoms with Crippen molar-refractivity contribution < 1.29 is 0 Å². The van der Waals surface area contributed by atoms with Crippen LogP contribution in [0.3, 0.4) is 0 Å². The zero-order chi connectivity index (χ0) is 43.6. The summed E-state index contributed by atoms with van der Waals surface area (Å²) in [5, 5.41) is 10.1. The third-order valence-electron chi connectivity index (χ3n) is 14.1. The lowest BCUT2D eigenvalue weighted by atomic mass is 9.68. The van der Waals surface area contributed by atoms with Crippen LogP contribution in [0, 0.1) is 0 Å². The molecule has 0 saturated heterocycles. The minimum Gasteiger partial charge on any atom is -0.310 e. The molecule has 0 amide bonds. The van der Waals surface area contributed by atoms with E-state index in [4.69, 9.17) is 0 Å². The van der Waals surface area contributed by atoms with Crippen molar-refractivity contribution in [3.63, 3.8) is 0 Å². The van der Waals surface area contributed by atoms with Crippen LogP contribution in [0.15, 0.2) is 261 Å². The zero-order valence-corrected chi connectivity index (χ0v) is 36.3. The second kappa shape index (κ2) is 15.3. The number of hydrogen-bond donors (Lipinski definition) is 0. The predicted molar refractivity (Wildman–Crippen MR) is 279 cm³/mol. The molecule has 308 valence electrons. The molecule has 0 unspecified atom stereocenters. The Morgan fingerprint density at radius 2 is 0.712 bits per heavy atom. The largest absolute Gasteiger partial charge is 0.310 e. The van der Waals surface area contributed by atoms with Gasteiger partial charge in [0, 0.05) is 17.1 Å². The smallest absolute Gasteiger partial charge is 0.0713 e. The Morgan fingerprint density at radius 3 is 1.39 bits per heavy atom. The first kappa shape index (κ1) is 38.0. The van der Waals surface area contributed by atoms with Crippen molar-refractivity contribution in [1.82, 2.24) is 0 Å². The van der Waals surface area contributed by atoms with Gasteiger partial charge in [0.2, 0.25) is 0 Å². The van der Waals surface area contributed by atoms with Gasteiger partial charge in [-0.2, -0.15) is 0 Å². The van der Waals surface area contributed by atoms with Crippen LogP contribution in [0.2, 0.25) is 0 Å². The summed E-state index contributed by atoms with van der Waals surface area (Å²) < 4.78 is 0. The van der Waals surface area contributed by atoms with Crippen molar-refractivity contribution in [3.05, 3.63) is 283 Å². The third kappa shape index (κ3) is 5.87. The molecule has 12 aromatic carbocycles. The summed E-state index contributed by atoms with van der Waals surface area (Å²) in [6.07, 6.45) is 0. The molecule has 13 rings (SSSR count). The Kier molecular flexibility index (Phi) is 8.82. The number of benzene rings is 12. The highest BCUT2D eigenvalue weighted by Crippen LogP contribution is 2.57. The van der Waals surface area contributed by atoms with Gasteiger partial charge in [-0.3, -0.25) is 0 Å². The van der Waals surface area contributed by atoms with Crippen molar-refractivity contribution in [2.75, 3.05) is 4.90 Å². The summed E-state index contributed by atoms with van der Waals surface area (Å²) in [5.41, 5.74) is 15.3. The average Bonchev–Trinajstić information content (AvgIpc) is 3.69. The first-order valence-electron chi connectivity index (χ1n) is 22.9.